The van der Waals surface area contributed by atoms with E-state index in [0.29, 0.717) is 41.2 Å². The SMILES string of the molecule is CN1CCN(C(C)(C)C=C(C#N)C(=O)N2CCCC(n3nc(-c4ccc(Oc5ccccc5)cc4F)c4c(N)nccc43)C2)CC1. The van der Waals surface area contributed by atoms with E-state index < -0.39 is 11.4 Å². The number of aromatic nitrogens is 3. The van der Waals surface area contributed by atoms with E-state index in [-0.39, 0.29) is 28.9 Å². The third kappa shape index (κ3) is 6.32. The Hall–Kier alpha value is -4.79. The van der Waals surface area contributed by atoms with Crippen LogP contribution in [0.15, 0.2) is 72.4 Å². The van der Waals surface area contributed by atoms with Gasteiger partial charge in [0.15, 0.2) is 0 Å². The van der Waals surface area contributed by atoms with Gasteiger partial charge in [0.2, 0.25) is 0 Å². The number of nitrogens with two attached hydrogens (primary N) is 1. The van der Waals surface area contributed by atoms with Gasteiger partial charge < -0.3 is 20.3 Å². The first-order valence-corrected chi connectivity index (χ1v) is 15.7. The number of amides is 1. The number of benzene rings is 2. The van der Waals surface area contributed by atoms with Crippen LogP contribution < -0.4 is 10.5 Å². The lowest BCUT2D eigenvalue weighted by Crippen LogP contribution is -2.53. The van der Waals surface area contributed by atoms with Crippen molar-refractivity contribution in [2.45, 2.75) is 38.3 Å². The number of fused-ring (bicyclic) bond motifs is 1. The minimum absolute atomic E-state index is 0.143. The summed E-state index contributed by atoms with van der Waals surface area (Å²) in [6.07, 6.45) is 4.91. The Bertz CT molecular complexity index is 1800. The highest BCUT2D eigenvalue weighted by atomic mass is 19.1. The van der Waals surface area contributed by atoms with Crippen molar-refractivity contribution in [3.63, 3.8) is 0 Å². The number of carbonyl (C=O) groups is 1. The van der Waals surface area contributed by atoms with E-state index in [9.17, 15) is 10.1 Å². The summed E-state index contributed by atoms with van der Waals surface area (Å²) in [6, 6.07) is 17.6. The van der Waals surface area contributed by atoms with Crippen molar-refractivity contribution < 1.29 is 13.9 Å². The lowest BCUT2D eigenvalue weighted by atomic mass is 9.96. The number of hydrogen-bond donors (Lipinski definition) is 1. The molecule has 10 nitrogen and oxygen atoms in total. The molecule has 2 aliphatic rings. The van der Waals surface area contributed by atoms with Crippen LogP contribution in [0.1, 0.15) is 32.7 Å². The molecule has 2 aliphatic heterocycles. The number of likely N-dealkylation sites (N-methyl/N-ethyl adjacent to an activating group) is 1. The number of piperazine rings is 1. The summed E-state index contributed by atoms with van der Waals surface area (Å²) in [4.78, 5) is 24.4. The van der Waals surface area contributed by atoms with Crippen LogP contribution in [0.4, 0.5) is 10.2 Å². The molecule has 2 fully saturated rings. The van der Waals surface area contributed by atoms with Gasteiger partial charge in [-0.2, -0.15) is 10.4 Å². The molecule has 2 aromatic carbocycles. The van der Waals surface area contributed by atoms with E-state index in [0.717, 1.165) is 39.0 Å². The topological polar surface area (TPSA) is 117 Å². The monoisotopic (exact) mass is 622 g/mol. The molecule has 1 unspecified atom stereocenters. The number of ether oxygens (including phenoxy) is 1. The molecule has 4 aromatic rings. The van der Waals surface area contributed by atoms with E-state index in [1.807, 2.05) is 35.0 Å². The normalized spacial score (nSPS) is 18.5. The molecule has 0 spiro atoms. The van der Waals surface area contributed by atoms with Crippen LogP contribution >= 0.6 is 0 Å². The molecule has 0 saturated carbocycles. The summed E-state index contributed by atoms with van der Waals surface area (Å²) in [7, 11) is 2.10. The standard InChI is InChI=1S/C35H39FN8O2/c1-35(2,43-18-16-41(3)17-19-43)21-24(22-37)34(45)42-15-7-8-25(23-42)44-30-13-14-39-33(38)31(30)32(40-44)28-12-11-27(20-29(28)36)46-26-9-5-4-6-10-26/h4-6,9-14,20-21,25H,7-8,15-19,23H2,1-3H3,(H2,38,39). The molecule has 0 aliphatic carbocycles. The average molecular weight is 623 g/mol. The Morgan fingerprint density at radius 2 is 1.85 bits per heavy atom. The lowest BCUT2D eigenvalue weighted by Gasteiger charge is -2.42. The number of anilines is 1. The third-order valence-corrected chi connectivity index (χ3v) is 9.02. The summed E-state index contributed by atoms with van der Waals surface area (Å²) in [6.45, 7) is 8.62. The molecule has 11 heteroatoms. The molecular weight excluding hydrogens is 583 g/mol. The van der Waals surface area contributed by atoms with Gasteiger partial charge in [-0.25, -0.2) is 9.37 Å². The fraction of sp³-hybridized carbons (Fsp3) is 0.371. The van der Waals surface area contributed by atoms with Gasteiger partial charge >= 0.3 is 0 Å². The average Bonchev–Trinajstić information content (AvgIpc) is 3.45. The smallest absolute Gasteiger partial charge is 0.264 e. The highest BCUT2D eigenvalue weighted by Crippen LogP contribution is 2.37. The molecule has 0 radical (unpaired) electrons. The van der Waals surface area contributed by atoms with E-state index in [4.69, 9.17) is 15.6 Å². The van der Waals surface area contributed by atoms with E-state index in [1.165, 1.54) is 6.07 Å². The summed E-state index contributed by atoms with van der Waals surface area (Å²) in [5, 5.41) is 15.5. The molecule has 46 heavy (non-hydrogen) atoms. The van der Waals surface area contributed by atoms with Crippen molar-refractivity contribution in [2.75, 3.05) is 52.0 Å². The fourth-order valence-corrected chi connectivity index (χ4v) is 6.43. The minimum Gasteiger partial charge on any atom is -0.457 e. The zero-order valence-corrected chi connectivity index (χ0v) is 26.5. The number of para-hydroxylation sites is 1. The molecule has 0 bridgehead atoms. The zero-order chi connectivity index (χ0) is 32.4. The number of piperidine rings is 1. The lowest BCUT2D eigenvalue weighted by molar-refractivity contribution is -0.128. The molecule has 1 amide bonds. The van der Waals surface area contributed by atoms with Gasteiger partial charge in [0.1, 0.15) is 40.5 Å². The molecule has 1 atom stereocenters. The van der Waals surface area contributed by atoms with Crippen LogP contribution in [-0.2, 0) is 4.79 Å². The van der Waals surface area contributed by atoms with Gasteiger partial charge in [-0.1, -0.05) is 18.2 Å². The maximum atomic E-state index is 15.6. The first-order chi connectivity index (χ1) is 22.1. The highest BCUT2D eigenvalue weighted by Gasteiger charge is 2.33. The molecule has 6 rings (SSSR count). The van der Waals surface area contributed by atoms with Gasteiger partial charge in [0, 0.05) is 62.6 Å². The summed E-state index contributed by atoms with van der Waals surface area (Å²) >= 11 is 0. The minimum atomic E-state index is -0.504. The predicted octanol–water partition coefficient (Wildman–Crippen LogP) is 5.25. The first-order valence-electron chi connectivity index (χ1n) is 15.7. The van der Waals surface area contributed by atoms with Crippen LogP contribution in [0.2, 0.25) is 0 Å². The second kappa shape index (κ2) is 12.9. The van der Waals surface area contributed by atoms with Crippen molar-refractivity contribution >= 4 is 22.6 Å². The van der Waals surface area contributed by atoms with E-state index >= 15 is 4.39 Å². The zero-order valence-electron chi connectivity index (χ0n) is 26.5. The Kier molecular flexibility index (Phi) is 8.75. The van der Waals surface area contributed by atoms with Crippen molar-refractivity contribution in [1.82, 2.24) is 29.5 Å². The maximum absolute atomic E-state index is 15.6. The molecular formula is C35H39FN8O2. The quantitative estimate of drug-likeness (QED) is 0.220. The van der Waals surface area contributed by atoms with Crippen molar-refractivity contribution in [2.24, 2.45) is 0 Å². The summed E-state index contributed by atoms with van der Waals surface area (Å²) in [5.74, 6) is 0.419. The number of hydrogen-bond acceptors (Lipinski definition) is 8. The number of nitrogen functional groups attached to an aromatic ring is 1. The number of carbonyl (C=O) groups excluding carboxylic acids is 1. The Morgan fingerprint density at radius 3 is 2.57 bits per heavy atom. The van der Waals surface area contributed by atoms with E-state index in [1.54, 1.807) is 35.4 Å². The van der Waals surface area contributed by atoms with Crippen molar-refractivity contribution in [3.8, 4) is 28.8 Å². The highest BCUT2D eigenvalue weighted by molar-refractivity contribution is 6.00. The molecule has 2 saturated heterocycles. The number of nitriles is 1. The largest absolute Gasteiger partial charge is 0.457 e. The van der Waals surface area contributed by atoms with Gasteiger partial charge in [-0.05, 0) is 70.1 Å². The number of halogens is 1. The van der Waals surface area contributed by atoms with Crippen LogP contribution in [-0.4, -0.2) is 87.2 Å². The predicted molar refractivity (Wildman–Crippen MR) is 176 cm³/mol. The van der Waals surface area contributed by atoms with Gasteiger partial charge in [0.25, 0.3) is 5.91 Å². The Labute approximate surface area is 268 Å². The molecule has 4 heterocycles. The van der Waals surface area contributed by atoms with Crippen molar-refractivity contribution in [3.05, 3.63) is 78.3 Å². The second-order valence-corrected chi connectivity index (χ2v) is 12.6. The van der Waals surface area contributed by atoms with Crippen LogP contribution in [0, 0.1) is 17.1 Å². The fourth-order valence-electron chi connectivity index (χ4n) is 6.43. The number of likely N-dealkylation sites (tertiary alicyclic amines) is 1. The van der Waals surface area contributed by atoms with Crippen LogP contribution in [0.25, 0.3) is 22.2 Å². The Balaban J connectivity index is 1.27. The van der Waals surface area contributed by atoms with Crippen LogP contribution in [0.3, 0.4) is 0 Å². The third-order valence-electron chi connectivity index (χ3n) is 9.02. The number of pyridine rings is 1. The number of rotatable bonds is 7. The first kappa shape index (κ1) is 31.2. The van der Waals surface area contributed by atoms with Gasteiger partial charge in [0.05, 0.1) is 16.9 Å². The van der Waals surface area contributed by atoms with Gasteiger partial charge in [-0.3, -0.25) is 14.4 Å². The molecule has 2 aromatic heterocycles. The second-order valence-electron chi connectivity index (χ2n) is 12.6. The van der Waals surface area contributed by atoms with E-state index in [2.05, 4.69) is 41.7 Å². The summed E-state index contributed by atoms with van der Waals surface area (Å²) in [5.41, 5.74) is 7.41. The molecule has 2 N–H and O–H groups in total. The number of nitrogens with zero attached hydrogens (tertiary/aromatic N) is 7. The van der Waals surface area contributed by atoms with Crippen LogP contribution in [0.5, 0.6) is 11.5 Å². The van der Waals surface area contributed by atoms with Crippen molar-refractivity contribution in [1.29, 1.82) is 5.26 Å². The Morgan fingerprint density at radius 1 is 1.09 bits per heavy atom. The maximum Gasteiger partial charge on any atom is 0.264 e. The van der Waals surface area contributed by atoms with Gasteiger partial charge in [-0.15, -0.1) is 0 Å². The molecule has 238 valence electrons. The summed E-state index contributed by atoms with van der Waals surface area (Å²) < 4.78 is 23.3.